The zero-order valence-corrected chi connectivity index (χ0v) is 30.6. The first-order valence-corrected chi connectivity index (χ1v) is 18.3. The first-order chi connectivity index (χ1) is 19.4. The van der Waals surface area contributed by atoms with E-state index in [9.17, 15) is 0 Å². The first kappa shape index (κ1) is 40.2. The molecular weight excluding hydrogens is 492 g/mol. The van der Waals surface area contributed by atoms with Crippen LogP contribution in [0.5, 0.6) is 0 Å². The van der Waals surface area contributed by atoms with E-state index in [1.54, 1.807) is 0 Å². The molecule has 0 amide bonds. The summed E-state index contributed by atoms with van der Waals surface area (Å²) in [5.41, 5.74) is 0.352. The zero-order chi connectivity index (χ0) is 31.8. The molecule has 1 fully saturated rings. The second kappa shape index (κ2) is 21.0. The molecule has 10 unspecified atom stereocenters. The van der Waals surface area contributed by atoms with Crippen molar-refractivity contribution < 1.29 is 0 Å². The fourth-order valence-corrected chi connectivity index (χ4v) is 9.00. The lowest BCUT2D eigenvalue weighted by atomic mass is 9.51. The summed E-state index contributed by atoms with van der Waals surface area (Å²) in [4.78, 5) is 0. The van der Waals surface area contributed by atoms with Gasteiger partial charge in [-0.1, -0.05) is 139 Å². The van der Waals surface area contributed by atoms with E-state index < -0.39 is 0 Å². The Balaban J connectivity index is 0.00000781. The second-order valence-corrected chi connectivity index (χ2v) is 14.9. The van der Waals surface area contributed by atoms with E-state index in [4.69, 9.17) is 0 Å². The van der Waals surface area contributed by atoms with Crippen LogP contribution in [0.2, 0.25) is 0 Å². The Labute approximate surface area is 261 Å². The number of allylic oxidation sites excluding steroid dienone is 4. The molecule has 0 aromatic carbocycles. The predicted octanol–water partition coefficient (Wildman–Crippen LogP) is 13.8. The molecule has 0 heteroatoms. The standard InChI is InChI=1S/C39H72.C2H6/c1-14-20-31(11)38(35(19-6)28(7)8)36-26-33(24-23-29(9)17-4)37(27-32(36)21-15-2)39(12,13)34(22-16-3)25-30(10)18-5;1-2/h14-15,18,20,28-38H,2,5,16-17,19,21-27H2,1,3-4,6-13H3;1-2H3/b20-14-;. The van der Waals surface area contributed by atoms with Gasteiger partial charge in [-0.2, -0.15) is 0 Å². The Morgan fingerprint density at radius 1 is 0.878 bits per heavy atom. The quantitative estimate of drug-likeness (QED) is 0.135. The maximum absolute atomic E-state index is 4.30. The van der Waals surface area contributed by atoms with Crippen molar-refractivity contribution in [3.05, 3.63) is 37.5 Å². The third-order valence-corrected chi connectivity index (χ3v) is 11.6. The Morgan fingerprint density at radius 3 is 1.98 bits per heavy atom. The summed E-state index contributed by atoms with van der Waals surface area (Å²) in [6, 6.07) is 0. The van der Waals surface area contributed by atoms with Crippen LogP contribution in [0.1, 0.15) is 154 Å². The summed E-state index contributed by atoms with van der Waals surface area (Å²) in [6.07, 6.45) is 22.7. The van der Waals surface area contributed by atoms with E-state index in [0.717, 1.165) is 53.3 Å². The van der Waals surface area contributed by atoms with Crippen molar-refractivity contribution in [2.24, 2.45) is 70.5 Å². The van der Waals surface area contributed by atoms with Gasteiger partial charge in [0, 0.05) is 0 Å². The molecular formula is C41H78. The minimum atomic E-state index is 0.352. The van der Waals surface area contributed by atoms with E-state index in [1.165, 1.54) is 64.2 Å². The van der Waals surface area contributed by atoms with Crippen LogP contribution in [0.15, 0.2) is 37.5 Å². The summed E-state index contributed by atoms with van der Waals surface area (Å²) in [5.74, 6) is 8.32. The monoisotopic (exact) mass is 571 g/mol. The summed E-state index contributed by atoms with van der Waals surface area (Å²) in [7, 11) is 0. The van der Waals surface area contributed by atoms with Gasteiger partial charge in [-0.05, 0) is 110 Å². The van der Waals surface area contributed by atoms with Crippen molar-refractivity contribution in [1.82, 2.24) is 0 Å². The van der Waals surface area contributed by atoms with E-state index in [2.05, 4.69) is 114 Å². The smallest absolute Gasteiger partial charge is 0.0228 e. The molecule has 242 valence electrons. The fourth-order valence-electron chi connectivity index (χ4n) is 9.00. The lowest BCUT2D eigenvalue weighted by molar-refractivity contribution is -0.0482. The Kier molecular flexibility index (Phi) is 20.6. The number of hydrogen-bond acceptors (Lipinski definition) is 0. The Hall–Kier alpha value is -0.780. The number of hydrogen-bond donors (Lipinski definition) is 0. The number of rotatable bonds is 19. The van der Waals surface area contributed by atoms with Gasteiger partial charge in [0.25, 0.3) is 0 Å². The van der Waals surface area contributed by atoms with E-state index in [1.807, 2.05) is 13.8 Å². The Morgan fingerprint density at radius 2 is 1.51 bits per heavy atom. The third-order valence-electron chi connectivity index (χ3n) is 11.6. The van der Waals surface area contributed by atoms with Crippen LogP contribution < -0.4 is 0 Å². The minimum absolute atomic E-state index is 0.352. The van der Waals surface area contributed by atoms with Gasteiger partial charge in [0.2, 0.25) is 0 Å². The molecule has 0 aliphatic heterocycles. The molecule has 0 aromatic rings. The molecule has 0 radical (unpaired) electrons. The van der Waals surface area contributed by atoms with E-state index in [-0.39, 0.29) is 0 Å². The Bertz CT molecular complexity index is 695. The van der Waals surface area contributed by atoms with Crippen LogP contribution in [0, 0.1) is 70.5 Å². The second-order valence-electron chi connectivity index (χ2n) is 14.9. The van der Waals surface area contributed by atoms with Gasteiger partial charge in [-0.3, -0.25) is 0 Å². The average Bonchev–Trinajstić information content (AvgIpc) is 2.95. The molecule has 0 heterocycles. The van der Waals surface area contributed by atoms with Gasteiger partial charge in [-0.15, -0.1) is 13.2 Å². The van der Waals surface area contributed by atoms with Gasteiger partial charge < -0.3 is 0 Å². The van der Waals surface area contributed by atoms with E-state index in [0.29, 0.717) is 17.3 Å². The van der Waals surface area contributed by atoms with Gasteiger partial charge in [0.15, 0.2) is 0 Å². The molecule has 1 aliphatic rings. The lowest BCUT2D eigenvalue weighted by Gasteiger charge is -2.54. The molecule has 0 N–H and O–H groups in total. The van der Waals surface area contributed by atoms with Crippen molar-refractivity contribution in [2.75, 3.05) is 0 Å². The van der Waals surface area contributed by atoms with Crippen molar-refractivity contribution in [3.8, 4) is 0 Å². The van der Waals surface area contributed by atoms with Crippen LogP contribution in [0.25, 0.3) is 0 Å². The van der Waals surface area contributed by atoms with Crippen molar-refractivity contribution >= 4 is 0 Å². The van der Waals surface area contributed by atoms with Gasteiger partial charge in [-0.25, -0.2) is 0 Å². The summed E-state index contributed by atoms with van der Waals surface area (Å²) in [5, 5.41) is 0. The maximum atomic E-state index is 4.30. The highest BCUT2D eigenvalue weighted by Crippen LogP contribution is 2.57. The highest BCUT2D eigenvalue weighted by atomic mass is 14.5. The van der Waals surface area contributed by atoms with Crippen molar-refractivity contribution in [2.45, 2.75) is 154 Å². The molecule has 0 nitrogen and oxygen atoms in total. The van der Waals surface area contributed by atoms with Crippen molar-refractivity contribution in [1.29, 1.82) is 0 Å². The first-order valence-electron chi connectivity index (χ1n) is 18.3. The van der Waals surface area contributed by atoms with Crippen LogP contribution in [0.3, 0.4) is 0 Å². The van der Waals surface area contributed by atoms with Crippen molar-refractivity contribution in [3.63, 3.8) is 0 Å². The van der Waals surface area contributed by atoms with Crippen LogP contribution in [0.4, 0.5) is 0 Å². The molecule has 1 rings (SSSR count). The minimum Gasteiger partial charge on any atom is -0.103 e. The molecule has 1 aliphatic carbocycles. The molecule has 0 aromatic heterocycles. The van der Waals surface area contributed by atoms with Gasteiger partial charge in [0.05, 0.1) is 0 Å². The lowest BCUT2D eigenvalue weighted by Crippen LogP contribution is -2.47. The normalized spacial score (nSPS) is 26.0. The zero-order valence-electron chi connectivity index (χ0n) is 30.6. The summed E-state index contributed by atoms with van der Waals surface area (Å²) < 4.78 is 0. The molecule has 0 spiro atoms. The molecule has 10 atom stereocenters. The van der Waals surface area contributed by atoms with Crippen LogP contribution in [-0.4, -0.2) is 0 Å². The SMILES string of the molecule is C=CCC1CC(C(C)(C)C(CCC)CC(C)C=C)C(CCC(C)CC)CC1C(C(C)/C=C\C)C(CC)C(C)C.CC. The topological polar surface area (TPSA) is 0 Å². The van der Waals surface area contributed by atoms with E-state index >= 15 is 0 Å². The fraction of sp³-hybridized carbons (Fsp3) is 0.854. The molecule has 0 bridgehead atoms. The van der Waals surface area contributed by atoms with Gasteiger partial charge >= 0.3 is 0 Å². The van der Waals surface area contributed by atoms with Gasteiger partial charge in [0.1, 0.15) is 0 Å². The highest BCUT2D eigenvalue weighted by molar-refractivity contribution is 5.02. The molecule has 41 heavy (non-hydrogen) atoms. The largest absolute Gasteiger partial charge is 0.103 e. The summed E-state index contributed by atoms with van der Waals surface area (Å²) in [6.45, 7) is 39.6. The third kappa shape index (κ3) is 12.0. The highest BCUT2D eigenvalue weighted by Gasteiger charge is 2.49. The van der Waals surface area contributed by atoms with Crippen LogP contribution >= 0.6 is 0 Å². The summed E-state index contributed by atoms with van der Waals surface area (Å²) >= 11 is 0. The maximum Gasteiger partial charge on any atom is -0.0228 e. The molecule has 1 saturated carbocycles. The molecule has 0 saturated heterocycles. The predicted molar refractivity (Wildman–Crippen MR) is 190 cm³/mol. The average molecular weight is 571 g/mol. The van der Waals surface area contributed by atoms with Crippen LogP contribution in [-0.2, 0) is 0 Å².